The van der Waals surface area contributed by atoms with Crippen LogP contribution in [0.2, 0.25) is 0 Å². The molecule has 2 nitrogen and oxygen atoms in total. The lowest BCUT2D eigenvalue weighted by Crippen LogP contribution is -2.38. The summed E-state index contributed by atoms with van der Waals surface area (Å²) in [7, 11) is 0. The molecular weight excluding hydrogens is 261 g/mol. The lowest BCUT2D eigenvalue weighted by atomic mass is 9.85. The Morgan fingerprint density at radius 1 is 1.39 bits per heavy atom. The van der Waals surface area contributed by atoms with Crippen LogP contribution in [0.25, 0.3) is 0 Å². The third-order valence-electron chi connectivity index (χ3n) is 3.47. The summed E-state index contributed by atoms with van der Waals surface area (Å²) in [5.74, 6) is -1.15. The number of thiophene rings is 1. The predicted molar refractivity (Wildman–Crippen MR) is 67.4 cm³/mol. The Morgan fingerprint density at radius 2 is 2.17 bits per heavy atom. The number of hydrogen-bond acceptors (Lipinski definition) is 3. The highest BCUT2D eigenvalue weighted by atomic mass is 32.1. The molecule has 1 heterocycles. The molecule has 2 unspecified atom stereocenters. The zero-order valence-electron chi connectivity index (χ0n) is 9.96. The van der Waals surface area contributed by atoms with Crippen molar-refractivity contribution in [3.63, 3.8) is 0 Å². The van der Waals surface area contributed by atoms with Gasteiger partial charge in [0.25, 0.3) is 0 Å². The topological polar surface area (TPSA) is 38.0 Å². The number of hydrogen-bond donors (Lipinski definition) is 2. The summed E-state index contributed by atoms with van der Waals surface area (Å²) in [6, 6.07) is 1.77. The fourth-order valence-electron chi connectivity index (χ4n) is 2.40. The molecule has 0 amide bonds. The molecular formula is C12H17F3N2S. The third kappa shape index (κ3) is 3.38. The van der Waals surface area contributed by atoms with Crippen LogP contribution in [0, 0.1) is 5.92 Å². The third-order valence-corrected chi connectivity index (χ3v) is 4.41. The first-order chi connectivity index (χ1) is 8.47. The minimum absolute atomic E-state index is 0.0492. The summed E-state index contributed by atoms with van der Waals surface area (Å²) in [4.78, 5) is 1.00. The van der Waals surface area contributed by atoms with Gasteiger partial charge in [-0.2, -0.15) is 13.2 Å². The first-order valence-corrected chi connectivity index (χ1v) is 6.96. The van der Waals surface area contributed by atoms with Gasteiger partial charge in [-0.3, -0.25) is 0 Å². The molecule has 2 atom stereocenters. The standard InChI is InChI=1S/C12H17F3N2S/c13-12(14,15)8-2-1-3-9(6-8)17-7-11-10(16)4-5-18-11/h4-5,8-9,17H,1-3,6-7,16H2. The van der Waals surface area contributed by atoms with Gasteiger partial charge in [0.2, 0.25) is 0 Å². The van der Waals surface area contributed by atoms with E-state index in [1.54, 1.807) is 0 Å². The minimum Gasteiger partial charge on any atom is -0.398 e. The summed E-state index contributed by atoms with van der Waals surface area (Å²) in [5.41, 5.74) is 6.46. The van der Waals surface area contributed by atoms with Crippen molar-refractivity contribution in [1.29, 1.82) is 0 Å². The van der Waals surface area contributed by atoms with Crippen molar-refractivity contribution in [2.75, 3.05) is 5.73 Å². The Labute approximate surface area is 108 Å². The molecule has 1 aliphatic carbocycles. The number of rotatable bonds is 3. The van der Waals surface area contributed by atoms with Crippen LogP contribution in [0.15, 0.2) is 11.4 Å². The second-order valence-electron chi connectivity index (χ2n) is 4.78. The maximum atomic E-state index is 12.6. The van der Waals surface area contributed by atoms with Gasteiger partial charge >= 0.3 is 6.18 Å². The average molecular weight is 278 g/mol. The van der Waals surface area contributed by atoms with E-state index in [0.29, 0.717) is 13.0 Å². The molecule has 1 aromatic rings. The lowest BCUT2D eigenvalue weighted by Gasteiger charge is -2.31. The normalized spacial score (nSPS) is 25.3. The molecule has 6 heteroatoms. The molecule has 0 spiro atoms. The van der Waals surface area contributed by atoms with Gasteiger partial charge in [-0.15, -0.1) is 11.3 Å². The van der Waals surface area contributed by atoms with Gasteiger partial charge in [0.05, 0.1) is 5.92 Å². The highest BCUT2D eigenvalue weighted by Crippen LogP contribution is 2.37. The summed E-state index contributed by atoms with van der Waals surface area (Å²) in [5, 5.41) is 5.09. The van der Waals surface area contributed by atoms with Gasteiger partial charge in [-0.05, 0) is 30.7 Å². The summed E-state index contributed by atoms with van der Waals surface area (Å²) in [6.45, 7) is 0.568. The van der Waals surface area contributed by atoms with Crippen molar-refractivity contribution < 1.29 is 13.2 Å². The van der Waals surface area contributed by atoms with Crippen LogP contribution in [0.1, 0.15) is 30.6 Å². The van der Waals surface area contributed by atoms with Crippen LogP contribution in [0.4, 0.5) is 18.9 Å². The van der Waals surface area contributed by atoms with E-state index in [0.717, 1.165) is 17.0 Å². The van der Waals surface area contributed by atoms with E-state index in [9.17, 15) is 13.2 Å². The largest absolute Gasteiger partial charge is 0.398 e. The fourth-order valence-corrected chi connectivity index (χ4v) is 3.15. The van der Waals surface area contributed by atoms with E-state index in [1.807, 2.05) is 11.4 Å². The van der Waals surface area contributed by atoms with Crippen molar-refractivity contribution in [2.45, 2.75) is 44.4 Å². The Balaban J connectivity index is 1.85. The summed E-state index contributed by atoms with van der Waals surface area (Å²) < 4.78 is 37.9. The van der Waals surface area contributed by atoms with Crippen LogP contribution in [0.5, 0.6) is 0 Å². The van der Waals surface area contributed by atoms with Gasteiger partial charge in [0, 0.05) is 23.2 Å². The first-order valence-electron chi connectivity index (χ1n) is 6.08. The number of anilines is 1. The lowest BCUT2D eigenvalue weighted by molar-refractivity contribution is -0.183. The molecule has 0 radical (unpaired) electrons. The van der Waals surface area contributed by atoms with E-state index in [1.165, 1.54) is 11.3 Å². The molecule has 1 aromatic heterocycles. The van der Waals surface area contributed by atoms with Crippen LogP contribution < -0.4 is 11.1 Å². The Morgan fingerprint density at radius 3 is 2.78 bits per heavy atom. The van der Waals surface area contributed by atoms with Crippen LogP contribution >= 0.6 is 11.3 Å². The second-order valence-corrected chi connectivity index (χ2v) is 5.78. The predicted octanol–water partition coefficient (Wildman–Crippen LogP) is 3.54. The van der Waals surface area contributed by atoms with Crippen LogP contribution in [-0.2, 0) is 6.54 Å². The Bertz CT molecular complexity index is 389. The molecule has 0 saturated heterocycles. The molecule has 102 valence electrons. The molecule has 1 fully saturated rings. The molecule has 0 bridgehead atoms. The van der Waals surface area contributed by atoms with Crippen molar-refractivity contribution >= 4 is 17.0 Å². The number of alkyl halides is 3. The molecule has 18 heavy (non-hydrogen) atoms. The smallest absolute Gasteiger partial charge is 0.391 e. The highest BCUT2D eigenvalue weighted by Gasteiger charge is 2.41. The number of nitrogen functional groups attached to an aromatic ring is 1. The molecule has 1 saturated carbocycles. The average Bonchev–Trinajstić information content (AvgIpc) is 2.72. The van der Waals surface area contributed by atoms with Crippen LogP contribution in [-0.4, -0.2) is 12.2 Å². The zero-order valence-corrected chi connectivity index (χ0v) is 10.8. The van der Waals surface area contributed by atoms with Crippen LogP contribution in [0.3, 0.4) is 0 Å². The Hall–Kier alpha value is -0.750. The first kappa shape index (κ1) is 13.7. The van der Waals surface area contributed by atoms with E-state index < -0.39 is 12.1 Å². The second kappa shape index (κ2) is 5.48. The fraction of sp³-hybridized carbons (Fsp3) is 0.667. The quantitative estimate of drug-likeness (QED) is 0.887. The Kier molecular flexibility index (Phi) is 4.17. The molecule has 1 aliphatic rings. The molecule has 2 rings (SSSR count). The number of nitrogens with one attached hydrogen (secondary N) is 1. The minimum atomic E-state index is -4.05. The maximum Gasteiger partial charge on any atom is 0.391 e. The molecule has 3 N–H and O–H groups in total. The zero-order chi connectivity index (χ0) is 13.2. The van der Waals surface area contributed by atoms with Crippen molar-refractivity contribution in [1.82, 2.24) is 5.32 Å². The van der Waals surface area contributed by atoms with Gasteiger partial charge in [-0.25, -0.2) is 0 Å². The van der Waals surface area contributed by atoms with Crippen molar-refractivity contribution in [2.24, 2.45) is 5.92 Å². The number of halogens is 3. The van der Waals surface area contributed by atoms with Gasteiger partial charge in [0.1, 0.15) is 0 Å². The highest BCUT2D eigenvalue weighted by molar-refractivity contribution is 7.10. The SMILES string of the molecule is Nc1ccsc1CNC1CCCC(C(F)(F)F)C1. The molecule has 0 aromatic carbocycles. The van der Waals surface area contributed by atoms with Gasteiger partial charge < -0.3 is 11.1 Å². The van der Waals surface area contributed by atoms with Gasteiger partial charge in [-0.1, -0.05) is 6.42 Å². The summed E-state index contributed by atoms with van der Waals surface area (Å²) >= 11 is 1.53. The van der Waals surface area contributed by atoms with Gasteiger partial charge in [0.15, 0.2) is 0 Å². The van der Waals surface area contributed by atoms with E-state index in [4.69, 9.17) is 5.73 Å². The van der Waals surface area contributed by atoms with Crippen molar-refractivity contribution in [3.8, 4) is 0 Å². The summed E-state index contributed by atoms with van der Waals surface area (Å²) in [6.07, 6.45) is -2.14. The molecule has 0 aliphatic heterocycles. The van der Waals surface area contributed by atoms with E-state index in [2.05, 4.69) is 5.32 Å². The maximum absolute atomic E-state index is 12.6. The monoisotopic (exact) mass is 278 g/mol. The number of nitrogens with two attached hydrogens (primary N) is 1. The van der Waals surface area contributed by atoms with Crippen molar-refractivity contribution in [3.05, 3.63) is 16.3 Å². The van der Waals surface area contributed by atoms with E-state index >= 15 is 0 Å². The van der Waals surface area contributed by atoms with E-state index in [-0.39, 0.29) is 18.9 Å².